The summed E-state index contributed by atoms with van der Waals surface area (Å²) in [5, 5.41) is 0. The van der Waals surface area contributed by atoms with E-state index < -0.39 is 10.0 Å². The molecule has 0 radical (unpaired) electrons. The molecule has 0 N–H and O–H groups in total. The third kappa shape index (κ3) is 2.73. The molecule has 20 heavy (non-hydrogen) atoms. The molecule has 1 aromatic carbocycles. The molecular formula is C13H18ClNO4S. The first kappa shape index (κ1) is 15.4. The van der Waals surface area contributed by atoms with Crippen LogP contribution in [0.4, 0.5) is 0 Å². The van der Waals surface area contributed by atoms with Crippen LogP contribution >= 0.6 is 11.6 Å². The molecule has 0 unspecified atom stereocenters. The molecule has 0 aromatic heterocycles. The molecule has 1 saturated heterocycles. The van der Waals surface area contributed by atoms with Crippen LogP contribution in [0.15, 0.2) is 23.1 Å². The Labute approximate surface area is 124 Å². The highest BCUT2D eigenvalue weighted by Gasteiger charge is 2.35. The normalized spacial score (nSPS) is 20.1. The number of hydrogen-bond donors (Lipinski definition) is 0. The van der Waals surface area contributed by atoms with E-state index >= 15 is 0 Å². The SMILES string of the molecule is COc1ccc(S(=O)(=O)N2CCC[C@H]2CCl)cc1OC. The van der Waals surface area contributed by atoms with Gasteiger partial charge < -0.3 is 9.47 Å². The largest absolute Gasteiger partial charge is 0.493 e. The number of benzene rings is 1. The molecule has 0 bridgehead atoms. The highest BCUT2D eigenvalue weighted by atomic mass is 35.5. The molecule has 1 atom stereocenters. The monoisotopic (exact) mass is 319 g/mol. The van der Waals surface area contributed by atoms with E-state index in [1.807, 2.05) is 0 Å². The summed E-state index contributed by atoms with van der Waals surface area (Å²) in [6.07, 6.45) is 1.64. The van der Waals surface area contributed by atoms with Gasteiger partial charge in [-0.2, -0.15) is 4.31 Å². The van der Waals surface area contributed by atoms with E-state index in [9.17, 15) is 8.42 Å². The number of sulfonamides is 1. The number of methoxy groups -OCH3 is 2. The zero-order valence-corrected chi connectivity index (χ0v) is 13.1. The van der Waals surface area contributed by atoms with Gasteiger partial charge in [0, 0.05) is 24.5 Å². The van der Waals surface area contributed by atoms with Gasteiger partial charge in [-0.05, 0) is 25.0 Å². The second-order valence-corrected chi connectivity index (χ2v) is 6.78. The summed E-state index contributed by atoms with van der Waals surface area (Å²) in [7, 11) is -0.556. The quantitative estimate of drug-likeness (QED) is 0.780. The number of nitrogens with zero attached hydrogens (tertiary/aromatic N) is 1. The van der Waals surface area contributed by atoms with Gasteiger partial charge in [-0.1, -0.05) is 0 Å². The zero-order chi connectivity index (χ0) is 14.8. The number of hydrogen-bond acceptors (Lipinski definition) is 4. The standard InChI is InChI=1S/C13H18ClNO4S/c1-18-12-6-5-11(8-13(12)19-2)20(16,17)15-7-3-4-10(15)9-14/h5-6,8,10H,3-4,7,9H2,1-2H3/t10-/m0/s1. The molecule has 112 valence electrons. The predicted molar refractivity (Wildman–Crippen MR) is 77.2 cm³/mol. The van der Waals surface area contributed by atoms with Crippen molar-refractivity contribution in [2.75, 3.05) is 26.6 Å². The molecule has 5 nitrogen and oxygen atoms in total. The number of halogens is 1. The van der Waals surface area contributed by atoms with Crippen LogP contribution < -0.4 is 9.47 Å². The van der Waals surface area contributed by atoms with Gasteiger partial charge in [0.2, 0.25) is 10.0 Å². The molecule has 1 aromatic rings. The summed E-state index contributed by atoms with van der Waals surface area (Å²) in [5.41, 5.74) is 0. The minimum atomic E-state index is -3.54. The smallest absolute Gasteiger partial charge is 0.243 e. The Bertz CT molecular complexity index is 576. The molecule has 0 spiro atoms. The van der Waals surface area contributed by atoms with Crippen molar-refractivity contribution in [3.63, 3.8) is 0 Å². The first-order chi connectivity index (χ1) is 9.54. The maximum atomic E-state index is 12.6. The molecule has 1 heterocycles. The van der Waals surface area contributed by atoms with Crippen molar-refractivity contribution >= 4 is 21.6 Å². The third-order valence-corrected chi connectivity index (χ3v) is 5.77. The molecule has 0 saturated carbocycles. The van der Waals surface area contributed by atoms with E-state index in [1.165, 1.54) is 30.7 Å². The van der Waals surface area contributed by atoms with Gasteiger partial charge in [-0.25, -0.2) is 8.42 Å². The van der Waals surface area contributed by atoms with Crippen molar-refractivity contribution < 1.29 is 17.9 Å². The van der Waals surface area contributed by atoms with Crippen molar-refractivity contribution in [3.8, 4) is 11.5 Å². The van der Waals surface area contributed by atoms with Gasteiger partial charge in [-0.3, -0.25) is 0 Å². The van der Waals surface area contributed by atoms with Crippen molar-refractivity contribution in [1.29, 1.82) is 0 Å². The van der Waals surface area contributed by atoms with Gasteiger partial charge in [0.25, 0.3) is 0 Å². The Balaban J connectivity index is 2.39. The van der Waals surface area contributed by atoms with Crippen LogP contribution in [0.25, 0.3) is 0 Å². The average Bonchev–Trinajstić information content (AvgIpc) is 2.95. The summed E-state index contributed by atoms with van der Waals surface area (Å²) >= 11 is 5.85. The van der Waals surface area contributed by atoms with Crippen LogP contribution in [0.1, 0.15) is 12.8 Å². The van der Waals surface area contributed by atoms with Crippen molar-refractivity contribution in [1.82, 2.24) is 4.31 Å². The van der Waals surface area contributed by atoms with E-state index in [0.29, 0.717) is 23.9 Å². The molecule has 7 heteroatoms. The summed E-state index contributed by atoms with van der Waals surface area (Å²) < 4.78 is 37.0. The first-order valence-corrected chi connectivity index (χ1v) is 8.32. The van der Waals surface area contributed by atoms with Gasteiger partial charge in [0.1, 0.15) is 0 Å². The van der Waals surface area contributed by atoms with E-state index in [0.717, 1.165) is 12.8 Å². The Morgan fingerprint density at radius 1 is 1.30 bits per heavy atom. The summed E-state index contributed by atoms with van der Waals surface area (Å²) in [5.74, 6) is 1.21. The fraction of sp³-hybridized carbons (Fsp3) is 0.538. The van der Waals surface area contributed by atoms with Gasteiger partial charge in [0.05, 0.1) is 19.1 Å². The Morgan fingerprint density at radius 2 is 2.00 bits per heavy atom. The summed E-state index contributed by atoms with van der Waals surface area (Å²) in [6.45, 7) is 0.508. The Hall–Kier alpha value is -0.980. The van der Waals surface area contributed by atoms with Crippen LogP contribution in [0, 0.1) is 0 Å². The lowest BCUT2D eigenvalue weighted by Crippen LogP contribution is -2.36. The molecule has 1 aliphatic rings. The minimum absolute atomic E-state index is 0.130. The lowest BCUT2D eigenvalue weighted by molar-refractivity contribution is 0.353. The third-order valence-electron chi connectivity index (χ3n) is 3.46. The van der Waals surface area contributed by atoms with Crippen LogP contribution in [0.2, 0.25) is 0 Å². The molecular weight excluding hydrogens is 302 g/mol. The highest BCUT2D eigenvalue weighted by molar-refractivity contribution is 7.89. The zero-order valence-electron chi connectivity index (χ0n) is 11.5. The minimum Gasteiger partial charge on any atom is -0.493 e. The van der Waals surface area contributed by atoms with Crippen LogP contribution in [0.3, 0.4) is 0 Å². The fourth-order valence-corrected chi connectivity index (χ4v) is 4.50. The summed E-state index contributed by atoms with van der Waals surface area (Å²) in [4.78, 5) is 0.201. The maximum absolute atomic E-state index is 12.6. The number of alkyl halides is 1. The van der Waals surface area contributed by atoms with Crippen LogP contribution in [-0.4, -0.2) is 45.4 Å². The second-order valence-electron chi connectivity index (χ2n) is 4.58. The van der Waals surface area contributed by atoms with Crippen molar-refractivity contribution in [2.24, 2.45) is 0 Å². The van der Waals surface area contributed by atoms with Gasteiger partial charge in [-0.15, -0.1) is 11.6 Å². The molecule has 0 aliphatic carbocycles. The molecule has 0 amide bonds. The van der Waals surface area contributed by atoms with Crippen LogP contribution in [0.5, 0.6) is 11.5 Å². The maximum Gasteiger partial charge on any atom is 0.243 e. The van der Waals surface area contributed by atoms with Gasteiger partial charge >= 0.3 is 0 Å². The van der Waals surface area contributed by atoms with Gasteiger partial charge in [0.15, 0.2) is 11.5 Å². The van der Waals surface area contributed by atoms with E-state index in [-0.39, 0.29) is 10.9 Å². The molecule has 2 rings (SSSR count). The summed E-state index contributed by atoms with van der Waals surface area (Å²) in [6, 6.07) is 4.48. The lowest BCUT2D eigenvalue weighted by atomic mass is 10.3. The van der Waals surface area contributed by atoms with E-state index in [2.05, 4.69) is 0 Å². The van der Waals surface area contributed by atoms with Crippen molar-refractivity contribution in [2.45, 2.75) is 23.8 Å². The van der Waals surface area contributed by atoms with Crippen molar-refractivity contribution in [3.05, 3.63) is 18.2 Å². The Morgan fingerprint density at radius 3 is 2.60 bits per heavy atom. The number of ether oxygens (including phenoxy) is 2. The lowest BCUT2D eigenvalue weighted by Gasteiger charge is -2.22. The first-order valence-electron chi connectivity index (χ1n) is 6.34. The fourth-order valence-electron chi connectivity index (χ4n) is 2.39. The topological polar surface area (TPSA) is 55.8 Å². The second kappa shape index (κ2) is 6.20. The molecule has 1 aliphatic heterocycles. The average molecular weight is 320 g/mol. The number of rotatable bonds is 5. The van der Waals surface area contributed by atoms with Crippen LogP contribution in [-0.2, 0) is 10.0 Å². The predicted octanol–water partition coefficient (Wildman–Crippen LogP) is 2.10. The van der Waals surface area contributed by atoms with E-state index in [1.54, 1.807) is 6.07 Å². The highest BCUT2D eigenvalue weighted by Crippen LogP contribution is 2.33. The Kier molecular flexibility index (Phi) is 4.78. The molecule has 1 fully saturated rings. The van der Waals surface area contributed by atoms with E-state index in [4.69, 9.17) is 21.1 Å².